The third kappa shape index (κ3) is 3.77. The second kappa shape index (κ2) is 8.33. The maximum Gasteiger partial charge on any atom is 0.258 e. The van der Waals surface area contributed by atoms with Crippen LogP contribution in [-0.2, 0) is 6.54 Å². The van der Waals surface area contributed by atoms with Gasteiger partial charge in [0, 0.05) is 28.5 Å². The summed E-state index contributed by atoms with van der Waals surface area (Å²) in [5, 5.41) is 0.542. The zero-order valence-electron chi connectivity index (χ0n) is 17.2. The first-order valence-corrected chi connectivity index (χ1v) is 10.5. The molecule has 0 aliphatic carbocycles. The third-order valence-corrected chi connectivity index (χ3v) is 5.72. The Labute approximate surface area is 191 Å². The van der Waals surface area contributed by atoms with Crippen LogP contribution in [0.15, 0.2) is 97.8 Å². The number of pyridine rings is 1. The van der Waals surface area contributed by atoms with E-state index in [9.17, 15) is 4.79 Å². The molecule has 156 valence electrons. The van der Waals surface area contributed by atoms with E-state index in [1.54, 1.807) is 35.5 Å². The summed E-state index contributed by atoms with van der Waals surface area (Å²) in [6.07, 6.45) is 3.47. The van der Waals surface area contributed by atoms with Gasteiger partial charge in [0.2, 0.25) is 0 Å². The number of halogens is 1. The number of rotatable bonds is 3. The number of benzene rings is 3. The SMILES string of the molecule is C=C(c1ccncc1)c1ccc(C(=O)N2Cc3ccccc3Oc3ccc(Cl)cc32)cc1. The molecule has 0 radical (unpaired) electrons. The number of fused-ring (bicyclic) bond motifs is 2. The predicted octanol–water partition coefficient (Wildman–Crippen LogP) is 6.75. The molecule has 5 rings (SSSR count). The highest BCUT2D eigenvalue weighted by atomic mass is 35.5. The molecule has 5 heteroatoms. The Morgan fingerprint density at radius 2 is 1.56 bits per heavy atom. The van der Waals surface area contributed by atoms with Crippen molar-refractivity contribution in [2.24, 2.45) is 0 Å². The molecule has 0 fully saturated rings. The summed E-state index contributed by atoms with van der Waals surface area (Å²) in [5.41, 5.74) is 4.95. The van der Waals surface area contributed by atoms with Gasteiger partial charge >= 0.3 is 0 Å². The van der Waals surface area contributed by atoms with E-state index >= 15 is 0 Å². The Kier molecular flexibility index (Phi) is 5.21. The van der Waals surface area contributed by atoms with Crippen molar-refractivity contribution < 1.29 is 9.53 Å². The van der Waals surface area contributed by atoms with Crippen molar-refractivity contribution in [2.75, 3.05) is 4.90 Å². The fourth-order valence-electron chi connectivity index (χ4n) is 3.77. The first-order chi connectivity index (χ1) is 15.6. The molecule has 4 aromatic rings. The van der Waals surface area contributed by atoms with Crippen molar-refractivity contribution in [3.63, 3.8) is 0 Å². The Hall–Kier alpha value is -3.89. The van der Waals surface area contributed by atoms with Gasteiger partial charge in [-0.15, -0.1) is 0 Å². The van der Waals surface area contributed by atoms with Gasteiger partial charge in [-0.05, 0) is 65.2 Å². The molecular formula is C27H19ClN2O2. The smallest absolute Gasteiger partial charge is 0.258 e. The molecule has 0 saturated carbocycles. The summed E-state index contributed by atoms with van der Waals surface area (Å²) in [5.74, 6) is 1.20. The van der Waals surface area contributed by atoms with Crippen LogP contribution in [0.4, 0.5) is 5.69 Å². The van der Waals surface area contributed by atoms with Crippen LogP contribution in [0.5, 0.6) is 11.5 Å². The lowest BCUT2D eigenvalue weighted by Crippen LogP contribution is -2.29. The minimum absolute atomic E-state index is 0.130. The predicted molar refractivity (Wildman–Crippen MR) is 127 cm³/mol. The van der Waals surface area contributed by atoms with E-state index < -0.39 is 0 Å². The van der Waals surface area contributed by atoms with Gasteiger partial charge in [0.15, 0.2) is 5.75 Å². The largest absolute Gasteiger partial charge is 0.455 e. The lowest BCUT2D eigenvalue weighted by atomic mass is 9.99. The fraction of sp³-hybridized carbons (Fsp3) is 0.0370. The van der Waals surface area contributed by atoms with E-state index in [1.165, 1.54) is 0 Å². The van der Waals surface area contributed by atoms with Crippen molar-refractivity contribution in [3.8, 4) is 11.5 Å². The maximum absolute atomic E-state index is 13.6. The standard InChI is InChI=1S/C27H19ClN2O2/c1-18(20-12-14-29-15-13-20)19-6-8-21(9-7-19)27(31)30-17-22-4-2-3-5-25(22)32-26-11-10-23(28)16-24(26)30/h2-16H,1,17H2. The van der Waals surface area contributed by atoms with Gasteiger partial charge in [-0.25, -0.2) is 0 Å². The van der Waals surface area contributed by atoms with E-state index in [0.717, 1.165) is 28.0 Å². The van der Waals surface area contributed by atoms with Gasteiger partial charge in [-0.3, -0.25) is 9.78 Å². The van der Waals surface area contributed by atoms with Crippen LogP contribution >= 0.6 is 11.6 Å². The Bertz CT molecular complexity index is 1320. The number of amides is 1. The van der Waals surface area contributed by atoms with Crippen LogP contribution in [-0.4, -0.2) is 10.9 Å². The number of anilines is 1. The Balaban J connectivity index is 1.49. The van der Waals surface area contributed by atoms with Crippen LogP contribution in [0.2, 0.25) is 5.02 Å². The first-order valence-electron chi connectivity index (χ1n) is 10.2. The van der Waals surface area contributed by atoms with Gasteiger partial charge in [0.25, 0.3) is 5.91 Å². The molecule has 3 aromatic carbocycles. The number of carbonyl (C=O) groups is 1. The molecule has 0 unspecified atom stereocenters. The van der Waals surface area contributed by atoms with Gasteiger partial charge in [-0.1, -0.05) is 48.5 Å². The molecule has 0 spiro atoms. The number of hydrogen-bond acceptors (Lipinski definition) is 3. The zero-order chi connectivity index (χ0) is 22.1. The van der Waals surface area contributed by atoms with E-state index in [-0.39, 0.29) is 5.91 Å². The second-order valence-electron chi connectivity index (χ2n) is 7.50. The van der Waals surface area contributed by atoms with Crippen molar-refractivity contribution in [1.29, 1.82) is 0 Å². The number of hydrogen-bond donors (Lipinski definition) is 0. The molecule has 0 bridgehead atoms. The quantitative estimate of drug-likeness (QED) is 0.355. The average Bonchev–Trinajstić information content (AvgIpc) is 3.00. The lowest BCUT2D eigenvalue weighted by Gasteiger charge is -2.22. The number of carbonyl (C=O) groups excluding carboxylic acids is 1. The molecule has 1 aliphatic rings. The first kappa shape index (κ1) is 20.0. The molecular weight excluding hydrogens is 420 g/mol. The lowest BCUT2D eigenvalue weighted by molar-refractivity contribution is 0.0985. The van der Waals surface area contributed by atoms with Gasteiger partial charge < -0.3 is 9.64 Å². The van der Waals surface area contributed by atoms with E-state index in [4.69, 9.17) is 16.3 Å². The van der Waals surface area contributed by atoms with E-state index in [0.29, 0.717) is 28.6 Å². The fourth-order valence-corrected chi connectivity index (χ4v) is 3.93. The van der Waals surface area contributed by atoms with Crippen molar-refractivity contribution >= 4 is 28.8 Å². The van der Waals surface area contributed by atoms with Crippen molar-refractivity contribution in [1.82, 2.24) is 4.98 Å². The normalized spacial score (nSPS) is 12.2. The summed E-state index contributed by atoms with van der Waals surface area (Å²) < 4.78 is 6.10. The molecule has 1 aromatic heterocycles. The van der Waals surface area contributed by atoms with Gasteiger partial charge in [0.05, 0.1) is 12.2 Å². The monoisotopic (exact) mass is 438 g/mol. The summed E-state index contributed by atoms with van der Waals surface area (Å²) in [6.45, 7) is 4.56. The summed E-state index contributed by atoms with van der Waals surface area (Å²) in [6, 6.07) is 24.3. The Morgan fingerprint density at radius 1 is 0.875 bits per heavy atom. The highest BCUT2D eigenvalue weighted by Gasteiger charge is 2.26. The maximum atomic E-state index is 13.6. The topological polar surface area (TPSA) is 42.4 Å². The number of ether oxygens (including phenoxy) is 1. The highest BCUT2D eigenvalue weighted by molar-refractivity contribution is 6.31. The summed E-state index contributed by atoms with van der Waals surface area (Å²) in [7, 11) is 0. The highest BCUT2D eigenvalue weighted by Crippen LogP contribution is 2.41. The van der Waals surface area contributed by atoms with Gasteiger partial charge in [0.1, 0.15) is 5.75 Å². The minimum atomic E-state index is -0.130. The number of para-hydroxylation sites is 1. The van der Waals surface area contributed by atoms with Crippen LogP contribution < -0.4 is 9.64 Å². The van der Waals surface area contributed by atoms with Gasteiger partial charge in [-0.2, -0.15) is 0 Å². The molecule has 2 heterocycles. The molecule has 0 atom stereocenters. The second-order valence-corrected chi connectivity index (χ2v) is 7.94. The van der Waals surface area contributed by atoms with Crippen LogP contribution in [0.3, 0.4) is 0 Å². The molecule has 4 nitrogen and oxygen atoms in total. The van der Waals surface area contributed by atoms with Crippen molar-refractivity contribution in [3.05, 3.63) is 125 Å². The third-order valence-electron chi connectivity index (χ3n) is 5.49. The minimum Gasteiger partial charge on any atom is -0.455 e. The van der Waals surface area contributed by atoms with E-state index in [1.807, 2.05) is 60.7 Å². The van der Waals surface area contributed by atoms with E-state index in [2.05, 4.69) is 11.6 Å². The average molecular weight is 439 g/mol. The molecule has 32 heavy (non-hydrogen) atoms. The number of nitrogens with zero attached hydrogens (tertiary/aromatic N) is 2. The van der Waals surface area contributed by atoms with Crippen LogP contribution in [0, 0.1) is 0 Å². The zero-order valence-corrected chi connectivity index (χ0v) is 17.9. The molecule has 1 aliphatic heterocycles. The molecule has 0 saturated heterocycles. The van der Waals surface area contributed by atoms with Crippen molar-refractivity contribution in [2.45, 2.75) is 6.54 Å². The molecule has 0 N–H and O–H groups in total. The van der Waals surface area contributed by atoms with Crippen LogP contribution in [0.1, 0.15) is 27.0 Å². The van der Waals surface area contributed by atoms with Crippen LogP contribution in [0.25, 0.3) is 5.57 Å². The summed E-state index contributed by atoms with van der Waals surface area (Å²) >= 11 is 6.26. The summed E-state index contributed by atoms with van der Waals surface area (Å²) in [4.78, 5) is 19.3. The molecule has 1 amide bonds. The Morgan fingerprint density at radius 3 is 2.34 bits per heavy atom. The number of aromatic nitrogens is 1.